The predicted octanol–water partition coefficient (Wildman–Crippen LogP) is 3.07. The third-order valence-electron chi connectivity index (χ3n) is 4.19. The number of carbonyl (C=O) groups excluding carboxylic acids is 2. The van der Waals surface area contributed by atoms with E-state index in [9.17, 15) is 14.0 Å². The van der Waals surface area contributed by atoms with Gasteiger partial charge in [-0.05, 0) is 30.7 Å². The van der Waals surface area contributed by atoms with Crippen molar-refractivity contribution in [3.8, 4) is 0 Å². The first kappa shape index (κ1) is 16.7. The SMILES string of the molecule is Cc1nn(Cc2ccc(F)cc2)c2sc(C(=O)O[C@@H]3CCOC3=O)cc12. The predicted molar refractivity (Wildman–Crippen MR) is 92.6 cm³/mol. The molecule has 1 atom stereocenters. The molecule has 3 aromatic rings. The van der Waals surface area contributed by atoms with Gasteiger partial charge in [-0.2, -0.15) is 5.10 Å². The van der Waals surface area contributed by atoms with Crippen LogP contribution in [0.5, 0.6) is 0 Å². The topological polar surface area (TPSA) is 70.4 Å². The molecule has 1 aliphatic heterocycles. The third kappa shape index (κ3) is 3.08. The Kier molecular flexibility index (Phi) is 4.20. The molecule has 0 unspecified atom stereocenters. The van der Waals surface area contributed by atoms with Gasteiger partial charge >= 0.3 is 11.9 Å². The summed E-state index contributed by atoms with van der Waals surface area (Å²) in [5, 5.41) is 5.35. The first-order valence-electron chi connectivity index (χ1n) is 8.10. The van der Waals surface area contributed by atoms with Gasteiger partial charge < -0.3 is 9.47 Å². The minimum Gasteiger partial charge on any atom is -0.463 e. The average Bonchev–Trinajstić information content (AvgIpc) is 3.29. The van der Waals surface area contributed by atoms with Crippen LogP contribution in [0, 0.1) is 12.7 Å². The molecule has 8 heteroatoms. The fourth-order valence-corrected chi connectivity index (χ4v) is 3.90. The lowest BCUT2D eigenvalue weighted by atomic mass is 10.2. The molecule has 6 nitrogen and oxygen atoms in total. The van der Waals surface area contributed by atoms with Crippen LogP contribution in [0.4, 0.5) is 4.39 Å². The normalized spacial score (nSPS) is 16.8. The number of carbonyl (C=O) groups is 2. The van der Waals surface area contributed by atoms with Crippen molar-refractivity contribution in [1.82, 2.24) is 9.78 Å². The molecule has 0 spiro atoms. The summed E-state index contributed by atoms with van der Waals surface area (Å²) in [5.41, 5.74) is 1.69. The van der Waals surface area contributed by atoms with Crippen molar-refractivity contribution >= 4 is 33.5 Å². The maximum absolute atomic E-state index is 13.1. The first-order chi connectivity index (χ1) is 12.5. The van der Waals surface area contributed by atoms with E-state index < -0.39 is 18.0 Å². The van der Waals surface area contributed by atoms with Crippen molar-refractivity contribution in [2.45, 2.75) is 26.0 Å². The average molecular weight is 374 g/mol. The molecule has 0 amide bonds. The number of benzene rings is 1. The van der Waals surface area contributed by atoms with Crippen LogP contribution >= 0.6 is 11.3 Å². The van der Waals surface area contributed by atoms with Crippen molar-refractivity contribution in [1.29, 1.82) is 0 Å². The van der Waals surface area contributed by atoms with E-state index in [-0.39, 0.29) is 12.4 Å². The van der Waals surface area contributed by atoms with Crippen molar-refractivity contribution in [2.75, 3.05) is 6.61 Å². The summed E-state index contributed by atoms with van der Waals surface area (Å²) in [6.45, 7) is 2.60. The van der Waals surface area contributed by atoms with Crippen molar-refractivity contribution < 1.29 is 23.5 Å². The van der Waals surface area contributed by atoms with E-state index in [1.807, 2.05) is 6.92 Å². The number of hydrogen-bond acceptors (Lipinski definition) is 6. The number of esters is 2. The number of halogens is 1. The highest BCUT2D eigenvalue weighted by Gasteiger charge is 2.31. The molecule has 0 bridgehead atoms. The Morgan fingerprint density at radius 3 is 2.88 bits per heavy atom. The molecule has 1 aliphatic rings. The second-order valence-corrected chi connectivity index (χ2v) is 7.08. The van der Waals surface area contributed by atoms with E-state index in [1.165, 1.54) is 23.5 Å². The first-order valence-corrected chi connectivity index (χ1v) is 8.92. The Bertz CT molecular complexity index is 993. The molecule has 2 aromatic heterocycles. The Balaban J connectivity index is 1.59. The number of fused-ring (bicyclic) bond motifs is 1. The molecular weight excluding hydrogens is 359 g/mol. The molecule has 1 aromatic carbocycles. The van der Waals surface area contributed by atoms with Gasteiger partial charge in [-0.3, -0.25) is 4.68 Å². The molecule has 4 rings (SSSR count). The van der Waals surface area contributed by atoms with E-state index in [0.717, 1.165) is 21.5 Å². The Hall–Kier alpha value is -2.74. The fourth-order valence-electron chi connectivity index (χ4n) is 2.85. The Morgan fingerprint density at radius 2 is 2.19 bits per heavy atom. The summed E-state index contributed by atoms with van der Waals surface area (Å²) < 4.78 is 24.9. The number of rotatable bonds is 4. The van der Waals surface area contributed by atoms with E-state index in [4.69, 9.17) is 9.47 Å². The lowest BCUT2D eigenvalue weighted by molar-refractivity contribution is -0.145. The van der Waals surface area contributed by atoms with Crippen LogP contribution in [-0.4, -0.2) is 34.4 Å². The molecule has 26 heavy (non-hydrogen) atoms. The van der Waals surface area contributed by atoms with Gasteiger partial charge in [0, 0.05) is 11.8 Å². The van der Waals surface area contributed by atoms with Crippen molar-refractivity contribution in [2.24, 2.45) is 0 Å². The standard InChI is InChI=1S/C18H15FN2O4S/c1-10-13-8-15(18(23)25-14-6-7-24-17(14)22)26-16(13)21(20-10)9-11-2-4-12(19)5-3-11/h2-5,8,14H,6-7,9H2,1H3/t14-/m1/s1. The lowest BCUT2D eigenvalue weighted by Crippen LogP contribution is -2.22. The molecule has 1 saturated heterocycles. The lowest BCUT2D eigenvalue weighted by Gasteiger charge is -2.06. The highest BCUT2D eigenvalue weighted by molar-refractivity contribution is 7.20. The van der Waals surface area contributed by atoms with Gasteiger partial charge in [-0.25, -0.2) is 14.0 Å². The summed E-state index contributed by atoms with van der Waals surface area (Å²) in [4.78, 5) is 25.0. The summed E-state index contributed by atoms with van der Waals surface area (Å²) in [6, 6.07) is 7.94. The van der Waals surface area contributed by atoms with Crippen molar-refractivity contribution in [3.05, 3.63) is 52.3 Å². The molecule has 0 saturated carbocycles. The monoisotopic (exact) mass is 374 g/mol. The summed E-state index contributed by atoms with van der Waals surface area (Å²) >= 11 is 1.26. The number of aromatic nitrogens is 2. The highest BCUT2D eigenvalue weighted by atomic mass is 32.1. The third-order valence-corrected chi connectivity index (χ3v) is 5.32. The van der Waals surface area contributed by atoms with Crippen LogP contribution in [0.15, 0.2) is 30.3 Å². The van der Waals surface area contributed by atoms with Crippen LogP contribution in [0.3, 0.4) is 0 Å². The van der Waals surface area contributed by atoms with Crippen molar-refractivity contribution in [3.63, 3.8) is 0 Å². The van der Waals surface area contributed by atoms with E-state index in [2.05, 4.69) is 5.10 Å². The van der Waals surface area contributed by atoms with Crippen LogP contribution < -0.4 is 0 Å². The molecule has 134 valence electrons. The number of ether oxygens (including phenoxy) is 2. The number of aryl methyl sites for hydroxylation is 1. The second-order valence-electron chi connectivity index (χ2n) is 6.05. The number of cyclic esters (lactones) is 1. The van der Waals surface area contributed by atoms with Gasteiger partial charge in [0.1, 0.15) is 15.5 Å². The van der Waals surface area contributed by atoms with E-state index in [1.54, 1.807) is 22.9 Å². The summed E-state index contributed by atoms with van der Waals surface area (Å²) in [6.07, 6.45) is -0.447. The maximum Gasteiger partial charge on any atom is 0.349 e. The minimum atomic E-state index is -0.829. The summed E-state index contributed by atoms with van der Waals surface area (Å²) in [5.74, 6) is -1.33. The van der Waals surface area contributed by atoms with Gasteiger partial charge in [0.15, 0.2) is 0 Å². The molecular formula is C18H15FN2O4S. The van der Waals surface area contributed by atoms with E-state index in [0.29, 0.717) is 17.8 Å². The van der Waals surface area contributed by atoms with Gasteiger partial charge in [0.25, 0.3) is 0 Å². The van der Waals surface area contributed by atoms with Gasteiger partial charge in [-0.1, -0.05) is 12.1 Å². The van der Waals surface area contributed by atoms with Crippen LogP contribution in [-0.2, 0) is 20.8 Å². The Morgan fingerprint density at radius 1 is 1.42 bits per heavy atom. The number of thiophene rings is 1. The smallest absolute Gasteiger partial charge is 0.349 e. The van der Waals surface area contributed by atoms with Gasteiger partial charge in [0.2, 0.25) is 6.10 Å². The number of nitrogens with zero attached hydrogens (tertiary/aromatic N) is 2. The molecule has 0 radical (unpaired) electrons. The van der Waals surface area contributed by atoms with E-state index >= 15 is 0 Å². The molecule has 3 heterocycles. The van der Waals surface area contributed by atoms with Crippen LogP contribution in [0.1, 0.15) is 27.3 Å². The second kappa shape index (κ2) is 6.53. The van der Waals surface area contributed by atoms with Gasteiger partial charge in [-0.15, -0.1) is 11.3 Å². The van der Waals surface area contributed by atoms with Gasteiger partial charge in [0.05, 0.1) is 18.8 Å². The molecule has 0 N–H and O–H groups in total. The zero-order chi connectivity index (χ0) is 18.3. The maximum atomic E-state index is 13.1. The Labute approximate surface area is 152 Å². The van der Waals surface area contributed by atoms with Crippen LogP contribution in [0.25, 0.3) is 10.2 Å². The molecule has 0 aliphatic carbocycles. The highest BCUT2D eigenvalue weighted by Crippen LogP contribution is 2.30. The van der Waals surface area contributed by atoms with Crippen LogP contribution in [0.2, 0.25) is 0 Å². The quantitative estimate of drug-likeness (QED) is 0.657. The molecule has 1 fully saturated rings. The zero-order valence-corrected chi connectivity index (χ0v) is 14.7. The number of hydrogen-bond donors (Lipinski definition) is 0. The fraction of sp³-hybridized carbons (Fsp3) is 0.278. The summed E-state index contributed by atoms with van der Waals surface area (Å²) in [7, 11) is 0. The largest absolute Gasteiger partial charge is 0.463 e. The zero-order valence-electron chi connectivity index (χ0n) is 13.9. The minimum absolute atomic E-state index is 0.273.